The molecule has 1 aromatic heterocycles. The first-order valence-electron chi connectivity index (χ1n) is 6.38. The van der Waals surface area contributed by atoms with Crippen molar-refractivity contribution >= 4 is 29.1 Å². The van der Waals surface area contributed by atoms with E-state index in [1.165, 1.54) is 11.8 Å². The summed E-state index contributed by atoms with van der Waals surface area (Å²) in [6, 6.07) is 9.86. The Morgan fingerprint density at radius 3 is 2.90 bits per heavy atom. The minimum absolute atomic E-state index is 0.0398. The second-order valence-corrected chi connectivity index (χ2v) is 5.40. The van der Waals surface area contributed by atoms with E-state index in [2.05, 4.69) is 20.6 Å². The average molecular weight is 299 g/mol. The van der Waals surface area contributed by atoms with Gasteiger partial charge in [0.2, 0.25) is 5.91 Å². The number of amidine groups is 1. The van der Waals surface area contributed by atoms with Gasteiger partial charge in [0.15, 0.2) is 5.17 Å². The van der Waals surface area contributed by atoms with Gasteiger partial charge in [-0.15, -0.1) is 5.10 Å². The van der Waals surface area contributed by atoms with Gasteiger partial charge in [-0.2, -0.15) is 10.2 Å². The van der Waals surface area contributed by atoms with Crippen LogP contribution in [0.15, 0.2) is 46.7 Å². The van der Waals surface area contributed by atoms with E-state index in [4.69, 9.17) is 0 Å². The number of carbonyl (C=O) groups is 1. The molecule has 6 nitrogen and oxygen atoms in total. The van der Waals surface area contributed by atoms with Crippen molar-refractivity contribution in [2.45, 2.75) is 6.92 Å². The highest BCUT2D eigenvalue weighted by molar-refractivity contribution is 8.15. The van der Waals surface area contributed by atoms with Gasteiger partial charge in [0, 0.05) is 11.8 Å². The zero-order valence-corrected chi connectivity index (χ0v) is 12.2. The van der Waals surface area contributed by atoms with Crippen molar-refractivity contribution in [3.05, 3.63) is 47.8 Å². The van der Waals surface area contributed by atoms with Crippen LogP contribution in [0.3, 0.4) is 0 Å². The van der Waals surface area contributed by atoms with Crippen LogP contribution in [0.25, 0.3) is 5.69 Å². The van der Waals surface area contributed by atoms with E-state index in [-0.39, 0.29) is 5.91 Å². The molecular weight excluding hydrogens is 286 g/mol. The van der Waals surface area contributed by atoms with Crippen molar-refractivity contribution in [3.8, 4) is 5.69 Å². The monoisotopic (exact) mass is 299 g/mol. The first kappa shape index (κ1) is 13.6. The zero-order valence-electron chi connectivity index (χ0n) is 11.4. The molecule has 21 heavy (non-hydrogen) atoms. The largest absolute Gasteiger partial charge is 0.303 e. The first-order valence-corrected chi connectivity index (χ1v) is 7.36. The molecule has 1 saturated heterocycles. The molecule has 3 rings (SSSR count). The maximum absolute atomic E-state index is 11.0. The predicted octanol–water partition coefficient (Wildman–Crippen LogP) is 1.73. The maximum atomic E-state index is 11.0. The normalized spacial score (nSPS) is 16.8. The standard InChI is InChI=1S/C14H13N5OS/c1-10-11(7-15-17-14-16-13(20)9-21-14)8-19(18-10)12-5-3-2-4-6-12/h2-8H,9H2,1H3,(H,16,17,20)/b15-7-. The molecule has 1 aliphatic rings. The van der Waals surface area contributed by atoms with Crippen LogP contribution < -0.4 is 5.32 Å². The number of aromatic nitrogens is 2. The molecular formula is C14H13N5OS. The highest BCUT2D eigenvalue weighted by Gasteiger charge is 2.15. The van der Waals surface area contributed by atoms with Crippen molar-refractivity contribution < 1.29 is 4.79 Å². The molecule has 1 aromatic carbocycles. The molecule has 1 aliphatic heterocycles. The van der Waals surface area contributed by atoms with Crippen LogP contribution in [0.4, 0.5) is 0 Å². The first-order chi connectivity index (χ1) is 10.2. The summed E-state index contributed by atoms with van der Waals surface area (Å²) in [5.74, 6) is 0.362. The quantitative estimate of drug-likeness (QED) is 0.693. The highest BCUT2D eigenvalue weighted by Crippen LogP contribution is 2.11. The zero-order chi connectivity index (χ0) is 14.7. The number of hydrogen-bond acceptors (Lipinski definition) is 5. The van der Waals surface area contributed by atoms with E-state index in [0.29, 0.717) is 10.9 Å². The van der Waals surface area contributed by atoms with Crippen LogP contribution in [0.5, 0.6) is 0 Å². The Morgan fingerprint density at radius 1 is 1.38 bits per heavy atom. The molecule has 106 valence electrons. The molecule has 1 fully saturated rings. The smallest absolute Gasteiger partial charge is 0.236 e. The third kappa shape index (κ3) is 3.19. The number of benzene rings is 1. The van der Waals surface area contributed by atoms with E-state index in [1.54, 1.807) is 10.9 Å². The summed E-state index contributed by atoms with van der Waals surface area (Å²) in [5.41, 5.74) is 2.74. The Labute approximate surface area is 126 Å². The van der Waals surface area contributed by atoms with Gasteiger partial charge in [-0.25, -0.2) is 4.68 Å². The van der Waals surface area contributed by atoms with Gasteiger partial charge in [-0.1, -0.05) is 30.0 Å². The fraction of sp³-hybridized carbons (Fsp3) is 0.143. The van der Waals surface area contributed by atoms with Gasteiger partial charge in [-0.3, -0.25) is 4.79 Å². The minimum Gasteiger partial charge on any atom is -0.303 e. The SMILES string of the molecule is Cc1nn(-c2ccccc2)cc1/C=N\N=C1/NC(=O)CS1. The molecule has 0 bridgehead atoms. The lowest BCUT2D eigenvalue weighted by Crippen LogP contribution is -2.19. The summed E-state index contributed by atoms with van der Waals surface area (Å²) < 4.78 is 1.80. The average Bonchev–Trinajstić information content (AvgIpc) is 3.07. The molecule has 0 aliphatic carbocycles. The van der Waals surface area contributed by atoms with Gasteiger partial charge in [-0.05, 0) is 19.1 Å². The molecule has 0 unspecified atom stereocenters. The summed E-state index contributed by atoms with van der Waals surface area (Å²) in [6.45, 7) is 1.92. The number of para-hydroxylation sites is 1. The van der Waals surface area contributed by atoms with Crippen LogP contribution in [0.1, 0.15) is 11.3 Å². The molecule has 0 radical (unpaired) electrons. The predicted molar refractivity (Wildman–Crippen MR) is 83.9 cm³/mol. The lowest BCUT2D eigenvalue weighted by molar-refractivity contribution is -0.116. The topological polar surface area (TPSA) is 71.6 Å². The Kier molecular flexibility index (Phi) is 3.83. The number of thioether (sulfide) groups is 1. The van der Waals surface area contributed by atoms with Crippen molar-refractivity contribution in [1.29, 1.82) is 0 Å². The van der Waals surface area contributed by atoms with Crippen LogP contribution in [0, 0.1) is 6.92 Å². The minimum atomic E-state index is -0.0398. The molecule has 1 N–H and O–H groups in total. The summed E-state index contributed by atoms with van der Waals surface area (Å²) >= 11 is 1.35. The lowest BCUT2D eigenvalue weighted by Gasteiger charge is -1.98. The molecule has 2 aromatic rings. The third-order valence-corrected chi connectivity index (χ3v) is 3.75. The summed E-state index contributed by atoms with van der Waals surface area (Å²) in [4.78, 5) is 11.0. The van der Waals surface area contributed by atoms with Crippen molar-refractivity contribution in [1.82, 2.24) is 15.1 Å². The van der Waals surface area contributed by atoms with Crippen molar-refractivity contribution in [2.75, 3.05) is 5.75 Å². The molecule has 2 heterocycles. The number of amides is 1. The summed E-state index contributed by atoms with van der Waals surface area (Å²) in [5, 5.41) is 15.6. The number of carbonyl (C=O) groups excluding carboxylic acids is 1. The fourth-order valence-electron chi connectivity index (χ4n) is 1.84. The van der Waals surface area contributed by atoms with Gasteiger partial charge in [0.25, 0.3) is 0 Å². The van der Waals surface area contributed by atoms with Gasteiger partial charge < -0.3 is 5.32 Å². The summed E-state index contributed by atoms with van der Waals surface area (Å²) in [7, 11) is 0. The Morgan fingerprint density at radius 2 is 2.19 bits per heavy atom. The number of aryl methyl sites for hydroxylation is 1. The third-order valence-electron chi connectivity index (χ3n) is 2.89. The second kappa shape index (κ2) is 5.92. The number of rotatable bonds is 3. The van der Waals surface area contributed by atoms with E-state index >= 15 is 0 Å². The van der Waals surface area contributed by atoms with E-state index in [1.807, 2.05) is 43.5 Å². The Balaban J connectivity index is 1.77. The highest BCUT2D eigenvalue weighted by atomic mass is 32.2. The van der Waals surface area contributed by atoms with Gasteiger partial charge in [0.05, 0.1) is 23.3 Å². The molecule has 7 heteroatoms. The van der Waals surface area contributed by atoms with Crippen LogP contribution in [-0.4, -0.2) is 32.8 Å². The van der Waals surface area contributed by atoms with Gasteiger partial charge in [0.1, 0.15) is 0 Å². The van der Waals surface area contributed by atoms with E-state index in [0.717, 1.165) is 16.9 Å². The van der Waals surface area contributed by atoms with Crippen LogP contribution >= 0.6 is 11.8 Å². The lowest BCUT2D eigenvalue weighted by atomic mass is 10.3. The number of hydrogen-bond donors (Lipinski definition) is 1. The van der Waals surface area contributed by atoms with Gasteiger partial charge >= 0.3 is 0 Å². The number of nitrogens with one attached hydrogen (secondary N) is 1. The second-order valence-electron chi connectivity index (χ2n) is 4.44. The van der Waals surface area contributed by atoms with Crippen LogP contribution in [-0.2, 0) is 4.79 Å². The summed E-state index contributed by atoms with van der Waals surface area (Å²) in [6.07, 6.45) is 3.54. The van der Waals surface area contributed by atoms with E-state index < -0.39 is 0 Å². The van der Waals surface area contributed by atoms with Crippen molar-refractivity contribution in [2.24, 2.45) is 10.2 Å². The molecule has 1 amide bonds. The fourth-order valence-corrected chi connectivity index (χ4v) is 2.47. The van der Waals surface area contributed by atoms with E-state index in [9.17, 15) is 4.79 Å². The Bertz CT molecular complexity index is 720. The Hall–Kier alpha value is -2.41. The molecule has 0 spiro atoms. The maximum Gasteiger partial charge on any atom is 0.236 e. The van der Waals surface area contributed by atoms with Crippen LogP contribution in [0.2, 0.25) is 0 Å². The van der Waals surface area contributed by atoms with Crippen molar-refractivity contribution in [3.63, 3.8) is 0 Å². The molecule has 0 atom stereocenters. The number of nitrogens with zero attached hydrogens (tertiary/aromatic N) is 4. The molecule has 0 saturated carbocycles.